The molecule has 0 radical (unpaired) electrons. The summed E-state index contributed by atoms with van der Waals surface area (Å²) < 4.78 is 35.2. The second-order valence-corrected chi connectivity index (χ2v) is 17.9. The van der Waals surface area contributed by atoms with E-state index < -0.39 is 18.3 Å². The summed E-state index contributed by atoms with van der Waals surface area (Å²) >= 11 is 0. The molecule has 188 valence electrons. The van der Waals surface area contributed by atoms with Crippen LogP contribution in [0, 0.1) is 18.8 Å². The Balaban J connectivity index is 1.90. The van der Waals surface area contributed by atoms with Gasteiger partial charge in [0.05, 0.1) is 17.4 Å². The Labute approximate surface area is 207 Å². The van der Waals surface area contributed by atoms with E-state index in [2.05, 4.69) is 40.4 Å². The molecule has 2 aliphatic rings. The highest BCUT2D eigenvalue weighted by Crippen LogP contribution is 2.52. The van der Waals surface area contributed by atoms with Gasteiger partial charge in [-0.25, -0.2) is 8.42 Å². The molecular formula is C27H41NO4SSi. The van der Waals surface area contributed by atoms with Gasteiger partial charge in [0.25, 0.3) is 10.0 Å². The van der Waals surface area contributed by atoms with Crippen molar-refractivity contribution in [3.63, 3.8) is 0 Å². The minimum atomic E-state index is -3.79. The van der Waals surface area contributed by atoms with Gasteiger partial charge in [-0.05, 0) is 74.4 Å². The Morgan fingerprint density at radius 1 is 1.21 bits per heavy atom. The van der Waals surface area contributed by atoms with Gasteiger partial charge in [0.1, 0.15) is 5.78 Å². The van der Waals surface area contributed by atoms with E-state index in [-0.39, 0.29) is 34.1 Å². The van der Waals surface area contributed by atoms with Crippen LogP contribution < -0.4 is 0 Å². The van der Waals surface area contributed by atoms with E-state index in [1.165, 1.54) is 4.31 Å². The first-order valence-corrected chi connectivity index (χ1v) is 16.8. The third-order valence-corrected chi connectivity index (χ3v) is 14.1. The quantitative estimate of drug-likeness (QED) is 0.216. The van der Waals surface area contributed by atoms with E-state index in [1.54, 1.807) is 18.2 Å². The zero-order chi connectivity index (χ0) is 25.3. The van der Waals surface area contributed by atoms with Gasteiger partial charge in [-0.15, -0.1) is 6.58 Å². The molecule has 0 spiro atoms. The van der Waals surface area contributed by atoms with Gasteiger partial charge >= 0.3 is 0 Å². The summed E-state index contributed by atoms with van der Waals surface area (Å²) in [5.41, 5.74) is 2.82. The lowest BCUT2D eigenvalue weighted by Crippen LogP contribution is -2.48. The predicted octanol–water partition coefficient (Wildman–Crippen LogP) is 6.23. The van der Waals surface area contributed by atoms with Gasteiger partial charge in [-0.1, -0.05) is 44.5 Å². The molecule has 34 heavy (non-hydrogen) atoms. The molecule has 1 aromatic rings. The van der Waals surface area contributed by atoms with E-state index in [9.17, 15) is 13.2 Å². The Hall–Kier alpha value is -1.70. The molecule has 0 heterocycles. The van der Waals surface area contributed by atoms with Crippen LogP contribution in [0.25, 0.3) is 0 Å². The zero-order valence-corrected chi connectivity index (χ0v) is 23.5. The monoisotopic (exact) mass is 503 g/mol. The van der Waals surface area contributed by atoms with Crippen LogP contribution in [-0.2, 0) is 19.2 Å². The third-order valence-electron chi connectivity index (χ3n) is 7.79. The molecule has 5 nitrogen and oxygen atoms in total. The average molecular weight is 504 g/mol. The number of carbonyl (C=O) groups is 1. The molecule has 0 unspecified atom stereocenters. The first-order chi connectivity index (χ1) is 15.8. The highest BCUT2D eigenvalue weighted by Gasteiger charge is 2.50. The number of allylic oxidation sites excluding steroid dienone is 2. The van der Waals surface area contributed by atoms with Gasteiger partial charge in [0.2, 0.25) is 0 Å². The highest BCUT2D eigenvalue weighted by molar-refractivity contribution is 7.89. The number of rotatable bonds is 10. The van der Waals surface area contributed by atoms with Crippen molar-refractivity contribution in [2.75, 3.05) is 13.2 Å². The normalized spacial score (nSPS) is 21.2. The van der Waals surface area contributed by atoms with Gasteiger partial charge in [-0.2, -0.15) is 0 Å². The maximum Gasteiger partial charge on any atom is 0.264 e. The van der Waals surface area contributed by atoms with Crippen molar-refractivity contribution >= 4 is 24.1 Å². The van der Waals surface area contributed by atoms with Crippen LogP contribution in [-0.4, -0.2) is 40.0 Å². The van der Waals surface area contributed by atoms with E-state index >= 15 is 0 Å². The number of sulfonamides is 1. The molecule has 2 atom stereocenters. The molecular weight excluding hydrogens is 462 g/mol. The topological polar surface area (TPSA) is 63.7 Å². The minimum absolute atomic E-state index is 0.150. The second kappa shape index (κ2) is 10.1. The van der Waals surface area contributed by atoms with Crippen LogP contribution in [0.3, 0.4) is 0 Å². The Morgan fingerprint density at radius 3 is 2.44 bits per heavy atom. The first-order valence-electron chi connectivity index (χ1n) is 12.4. The summed E-state index contributed by atoms with van der Waals surface area (Å²) in [6, 6.07) is 6.91. The molecule has 7 heteroatoms. The SMILES string of the molecule is C=CCN(C1=C(CCCO[Si](C)(C)C(C)(C)C)[C@H]2CCCC(=O)[C@@H]12)S(=O)(=O)c1ccc(C)cc1. The molecule has 2 aliphatic carbocycles. The van der Waals surface area contributed by atoms with Crippen molar-refractivity contribution in [3.8, 4) is 0 Å². The fourth-order valence-electron chi connectivity index (χ4n) is 4.77. The summed E-state index contributed by atoms with van der Waals surface area (Å²) in [5, 5.41) is 0.150. The summed E-state index contributed by atoms with van der Waals surface area (Å²) in [4.78, 5) is 13.1. The molecule has 3 rings (SSSR count). The third kappa shape index (κ3) is 5.26. The number of fused-ring (bicyclic) bond motifs is 1. The van der Waals surface area contributed by atoms with Crippen LogP contribution in [0.15, 0.2) is 53.1 Å². The summed E-state index contributed by atoms with van der Waals surface area (Å²) in [5.74, 6) is 0.00980. The minimum Gasteiger partial charge on any atom is -0.417 e. The van der Waals surface area contributed by atoms with Gasteiger partial charge in [0.15, 0.2) is 8.32 Å². The second-order valence-electron chi connectivity index (χ2n) is 11.2. The van der Waals surface area contributed by atoms with Crippen molar-refractivity contribution in [2.24, 2.45) is 11.8 Å². The average Bonchev–Trinajstić information content (AvgIpc) is 2.73. The molecule has 0 amide bonds. The lowest BCUT2D eigenvalue weighted by molar-refractivity contribution is -0.126. The lowest BCUT2D eigenvalue weighted by Gasteiger charge is -2.48. The zero-order valence-electron chi connectivity index (χ0n) is 21.7. The van der Waals surface area contributed by atoms with Crippen LogP contribution in [0.5, 0.6) is 0 Å². The predicted molar refractivity (Wildman–Crippen MR) is 141 cm³/mol. The fourth-order valence-corrected chi connectivity index (χ4v) is 7.38. The smallest absolute Gasteiger partial charge is 0.264 e. The van der Waals surface area contributed by atoms with Crippen LogP contribution >= 0.6 is 0 Å². The number of hydrogen-bond donors (Lipinski definition) is 0. The number of nitrogens with zero attached hydrogens (tertiary/aromatic N) is 1. The largest absolute Gasteiger partial charge is 0.417 e. The van der Waals surface area contributed by atoms with Crippen molar-refractivity contribution < 1.29 is 17.6 Å². The van der Waals surface area contributed by atoms with Crippen molar-refractivity contribution in [2.45, 2.75) is 82.8 Å². The Bertz CT molecular complexity index is 1050. The molecule has 0 aliphatic heterocycles. The number of Topliss-reactive ketones (excluding diaryl/α,β-unsaturated/α-hetero) is 1. The molecule has 1 saturated carbocycles. The van der Waals surface area contributed by atoms with Crippen LogP contribution in [0.2, 0.25) is 18.1 Å². The van der Waals surface area contributed by atoms with Crippen LogP contribution in [0.4, 0.5) is 0 Å². The molecule has 0 aromatic heterocycles. The lowest BCUT2D eigenvalue weighted by atomic mass is 9.62. The molecule has 0 N–H and O–H groups in total. The number of benzene rings is 1. The molecule has 0 bridgehead atoms. The summed E-state index contributed by atoms with van der Waals surface area (Å²) in [7, 11) is -5.63. The molecule has 1 aromatic carbocycles. The van der Waals surface area contributed by atoms with E-state index in [0.29, 0.717) is 18.7 Å². The number of carbonyl (C=O) groups excluding carboxylic acids is 1. The van der Waals surface area contributed by atoms with E-state index in [0.717, 1.165) is 36.8 Å². The van der Waals surface area contributed by atoms with Gasteiger partial charge in [-0.3, -0.25) is 9.10 Å². The van der Waals surface area contributed by atoms with Crippen LogP contribution in [0.1, 0.15) is 58.4 Å². The maximum atomic E-state index is 13.7. The first kappa shape index (κ1) is 26.9. The fraction of sp³-hybridized carbons (Fsp3) is 0.593. The van der Waals surface area contributed by atoms with E-state index in [1.807, 2.05) is 19.1 Å². The van der Waals surface area contributed by atoms with Crippen molar-refractivity contribution in [1.29, 1.82) is 0 Å². The standard InChI is InChI=1S/C27H41NO4SSi/c1-8-18-28(33(30,31)21-16-14-20(2)15-17-21)26-23(22-11-9-13-24(29)25(22)26)12-10-19-32-34(6,7)27(3,4)5/h8,14-17,22,25H,1,9-13,18-19H2,2-7H3/t22-,25+/m1/s1. The van der Waals surface area contributed by atoms with Crippen molar-refractivity contribution in [3.05, 3.63) is 53.8 Å². The Kier molecular flexibility index (Phi) is 8.00. The number of ketones is 1. The maximum absolute atomic E-state index is 13.7. The molecule has 0 saturated heterocycles. The summed E-state index contributed by atoms with van der Waals surface area (Å²) in [6.45, 7) is 17.7. The molecule has 1 fully saturated rings. The van der Waals surface area contributed by atoms with Gasteiger partial charge in [0, 0.05) is 18.7 Å². The Morgan fingerprint density at radius 2 is 1.85 bits per heavy atom. The van der Waals surface area contributed by atoms with E-state index in [4.69, 9.17) is 4.43 Å². The number of hydrogen-bond acceptors (Lipinski definition) is 4. The number of aryl methyl sites for hydroxylation is 1. The van der Waals surface area contributed by atoms with Crippen molar-refractivity contribution in [1.82, 2.24) is 4.31 Å². The highest BCUT2D eigenvalue weighted by atomic mass is 32.2. The van der Waals surface area contributed by atoms with Gasteiger partial charge < -0.3 is 4.43 Å². The summed E-state index contributed by atoms with van der Waals surface area (Å²) in [6.07, 6.45) is 5.55.